The fraction of sp³-hybridized carbons (Fsp3) is 0.261. The van der Waals surface area contributed by atoms with E-state index in [2.05, 4.69) is 60.1 Å². The fourth-order valence-corrected chi connectivity index (χ4v) is 4.82. The Morgan fingerprint density at radius 3 is 2.84 bits per heavy atom. The van der Waals surface area contributed by atoms with E-state index in [0.29, 0.717) is 19.5 Å². The zero-order valence-corrected chi connectivity index (χ0v) is 19.3. The van der Waals surface area contributed by atoms with Crippen molar-refractivity contribution in [3.05, 3.63) is 70.0 Å². The van der Waals surface area contributed by atoms with Gasteiger partial charge in [-0.2, -0.15) is 5.10 Å². The van der Waals surface area contributed by atoms with Gasteiger partial charge in [-0.3, -0.25) is 20.2 Å². The van der Waals surface area contributed by atoms with Crippen molar-refractivity contribution in [1.29, 1.82) is 0 Å². The van der Waals surface area contributed by atoms with Gasteiger partial charge in [-0.05, 0) is 30.3 Å². The molecule has 3 heterocycles. The Bertz CT molecular complexity index is 1280. The fourth-order valence-electron chi connectivity index (χ4n) is 4.46. The van der Waals surface area contributed by atoms with Crippen LogP contribution in [0.1, 0.15) is 23.9 Å². The van der Waals surface area contributed by atoms with Crippen LogP contribution in [0.2, 0.25) is 0 Å². The van der Waals surface area contributed by atoms with Gasteiger partial charge in [-0.15, -0.1) is 0 Å². The number of hydrogen-bond acceptors (Lipinski definition) is 5. The number of likely N-dealkylation sites (N-methyl/N-ethyl adjacent to an activating group) is 1. The van der Waals surface area contributed by atoms with Crippen LogP contribution in [0, 0.1) is 0 Å². The van der Waals surface area contributed by atoms with E-state index in [4.69, 9.17) is 10.8 Å². The number of nitrogens with one attached hydrogen (secondary N) is 2. The molecule has 5 rings (SSSR count). The summed E-state index contributed by atoms with van der Waals surface area (Å²) in [5.74, 6) is 6.07. The molecule has 1 aliphatic heterocycles. The Morgan fingerprint density at radius 1 is 1.28 bits per heavy atom. The summed E-state index contributed by atoms with van der Waals surface area (Å²) in [6, 6.07) is 16.0. The van der Waals surface area contributed by atoms with Crippen LogP contribution >= 0.6 is 15.9 Å². The average Bonchev–Trinajstić information content (AvgIpc) is 3.38. The number of imidazole rings is 1. The molecule has 2 aromatic carbocycles. The molecular weight excluding hydrogens is 470 g/mol. The molecule has 8 nitrogen and oxygen atoms in total. The highest BCUT2D eigenvalue weighted by atomic mass is 79.9. The van der Waals surface area contributed by atoms with Crippen LogP contribution < -0.4 is 11.3 Å². The first-order chi connectivity index (χ1) is 15.6. The van der Waals surface area contributed by atoms with Gasteiger partial charge in [0.1, 0.15) is 5.69 Å². The average molecular weight is 494 g/mol. The van der Waals surface area contributed by atoms with Gasteiger partial charge in [-0.1, -0.05) is 53.2 Å². The number of rotatable bonds is 5. The predicted octanol–water partition coefficient (Wildman–Crippen LogP) is 2.97. The SMILES string of the molecule is CCN1Cc2c(nc(-c3n[nH]c4cc(Br)ccc34)n2Cc2ccccc2)CC1C(=O)NN. The lowest BCUT2D eigenvalue weighted by atomic mass is 10.0. The molecule has 0 spiro atoms. The molecule has 4 aromatic rings. The van der Waals surface area contributed by atoms with Crippen molar-refractivity contribution < 1.29 is 4.79 Å². The maximum absolute atomic E-state index is 12.4. The van der Waals surface area contributed by atoms with Crippen molar-refractivity contribution in [1.82, 2.24) is 30.1 Å². The second-order valence-electron chi connectivity index (χ2n) is 7.95. The van der Waals surface area contributed by atoms with Gasteiger partial charge in [0.15, 0.2) is 5.82 Å². The summed E-state index contributed by atoms with van der Waals surface area (Å²) in [6.45, 7) is 4.09. The molecule has 164 valence electrons. The van der Waals surface area contributed by atoms with Crippen molar-refractivity contribution >= 4 is 32.7 Å². The van der Waals surface area contributed by atoms with Gasteiger partial charge in [0.25, 0.3) is 5.91 Å². The Labute approximate surface area is 193 Å². The number of halogens is 1. The van der Waals surface area contributed by atoms with Gasteiger partial charge >= 0.3 is 0 Å². The number of hydrazine groups is 1. The number of aromatic nitrogens is 4. The summed E-state index contributed by atoms with van der Waals surface area (Å²) in [4.78, 5) is 19.6. The van der Waals surface area contributed by atoms with Crippen molar-refractivity contribution in [3.8, 4) is 11.5 Å². The van der Waals surface area contributed by atoms with Gasteiger partial charge in [0.05, 0.1) is 22.9 Å². The van der Waals surface area contributed by atoms with Gasteiger partial charge < -0.3 is 4.57 Å². The zero-order chi connectivity index (χ0) is 22.2. The highest BCUT2D eigenvalue weighted by Crippen LogP contribution is 2.33. The van der Waals surface area contributed by atoms with Crippen LogP contribution in [-0.4, -0.2) is 43.1 Å². The molecule has 1 atom stereocenters. The first-order valence-corrected chi connectivity index (χ1v) is 11.4. The summed E-state index contributed by atoms with van der Waals surface area (Å²) in [5.41, 5.74) is 7.27. The highest BCUT2D eigenvalue weighted by Gasteiger charge is 2.35. The molecule has 0 radical (unpaired) electrons. The van der Waals surface area contributed by atoms with Crippen LogP contribution in [0.4, 0.5) is 0 Å². The topological polar surface area (TPSA) is 105 Å². The Morgan fingerprint density at radius 2 is 2.09 bits per heavy atom. The molecule has 1 aliphatic rings. The summed E-state index contributed by atoms with van der Waals surface area (Å²) in [7, 11) is 0. The normalized spacial score (nSPS) is 16.3. The summed E-state index contributed by atoms with van der Waals surface area (Å²) < 4.78 is 3.23. The number of fused-ring (bicyclic) bond motifs is 2. The molecular formula is C23H24BrN7O. The second kappa shape index (κ2) is 8.50. The van der Waals surface area contributed by atoms with E-state index in [9.17, 15) is 4.79 Å². The number of carbonyl (C=O) groups excluding carboxylic acids is 1. The van der Waals surface area contributed by atoms with Gasteiger partial charge in [-0.25, -0.2) is 10.8 Å². The van der Waals surface area contributed by atoms with Gasteiger partial charge in [0.2, 0.25) is 0 Å². The third kappa shape index (κ3) is 3.62. The van der Waals surface area contributed by atoms with Crippen LogP contribution in [-0.2, 0) is 24.3 Å². The Hall–Kier alpha value is -3.01. The van der Waals surface area contributed by atoms with E-state index in [-0.39, 0.29) is 11.9 Å². The molecule has 4 N–H and O–H groups in total. The number of carbonyl (C=O) groups is 1. The van der Waals surface area contributed by atoms with E-state index in [1.54, 1.807) is 0 Å². The summed E-state index contributed by atoms with van der Waals surface area (Å²) in [6.07, 6.45) is 0.509. The minimum atomic E-state index is -0.336. The van der Waals surface area contributed by atoms with Crippen LogP contribution in [0.5, 0.6) is 0 Å². The number of H-pyrrole nitrogens is 1. The Balaban J connectivity index is 1.66. The first kappa shape index (κ1) is 20.9. The minimum Gasteiger partial charge on any atom is -0.321 e. The third-order valence-electron chi connectivity index (χ3n) is 6.11. The molecule has 2 aromatic heterocycles. The van der Waals surface area contributed by atoms with E-state index in [1.807, 2.05) is 36.4 Å². The van der Waals surface area contributed by atoms with E-state index in [1.165, 1.54) is 5.56 Å². The standard InChI is InChI=1S/C23H24BrN7O/c1-2-30-13-20-18(11-19(30)23(32)27-25)26-22(31(20)12-14-6-4-3-5-7-14)21-16-9-8-15(24)10-17(16)28-29-21/h3-10,19H,2,11-13,25H2,1H3,(H,27,32)(H,28,29). The number of nitrogens with two attached hydrogens (primary N) is 1. The van der Waals surface area contributed by atoms with Gasteiger partial charge in [0, 0.05) is 29.4 Å². The van der Waals surface area contributed by atoms with Crippen LogP contribution in [0.3, 0.4) is 0 Å². The van der Waals surface area contributed by atoms with Crippen LogP contribution in [0.15, 0.2) is 53.0 Å². The molecule has 0 fully saturated rings. The first-order valence-electron chi connectivity index (χ1n) is 10.6. The van der Waals surface area contributed by atoms with Crippen LogP contribution in [0.25, 0.3) is 22.4 Å². The quantitative estimate of drug-likeness (QED) is 0.225. The zero-order valence-electron chi connectivity index (χ0n) is 17.7. The molecule has 0 aliphatic carbocycles. The molecule has 0 saturated carbocycles. The highest BCUT2D eigenvalue weighted by molar-refractivity contribution is 9.10. The van der Waals surface area contributed by atoms with Crippen molar-refractivity contribution in [2.75, 3.05) is 6.54 Å². The molecule has 1 amide bonds. The predicted molar refractivity (Wildman–Crippen MR) is 126 cm³/mol. The largest absolute Gasteiger partial charge is 0.321 e. The summed E-state index contributed by atoms with van der Waals surface area (Å²) >= 11 is 3.52. The van der Waals surface area contributed by atoms with E-state index in [0.717, 1.165) is 44.8 Å². The number of aromatic amines is 1. The lowest BCUT2D eigenvalue weighted by Crippen LogP contribution is -2.52. The second-order valence-corrected chi connectivity index (χ2v) is 8.87. The van der Waals surface area contributed by atoms with E-state index >= 15 is 0 Å². The summed E-state index contributed by atoms with van der Waals surface area (Å²) in [5, 5.41) is 8.76. The molecule has 0 saturated heterocycles. The Kier molecular flexibility index (Phi) is 5.54. The molecule has 9 heteroatoms. The maximum Gasteiger partial charge on any atom is 0.251 e. The lowest BCUT2D eigenvalue weighted by molar-refractivity contribution is -0.127. The van der Waals surface area contributed by atoms with E-state index < -0.39 is 0 Å². The van der Waals surface area contributed by atoms with Crippen molar-refractivity contribution in [2.24, 2.45) is 5.84 Å². The minimum absolute atomic E-state index is 0.188. The molecule has 0 bridgehead atoms. The maximum atomic E-state index is 12.4. The number of hydrogen-bond donors (Lipinski definition) is 3. The monoisotopic (exact) mass is 493 g/mol. The smallest absolute Gasteiger partial charge is 0.251 e. The molecule has 1 unspecified atom stereocenters. The number of benzene rings is 2. The van der Waals surface area contributed by atoms with Crippen molar-refractivity contribution in [3.63, 3.8) is 0 Å². The number of nitrogens with zero attached hydrogens (tertiary/aromatic N) is 4. The lowest BCUT2D eigenvalue weighted by Gasteiger charge is -2.33. The third-order valence-corrected chi connectivity index (χ3v) is 6.60. The van der Waals surface area contributed by atoms with Crippen molar-refractivity contribution in [2.45, 2.75) is 32.5 Å². The number of amides is 1. The molecule has 32 heavy (non-hydrogen) atoms.